The van der Waals surface area contributed by atoms with Gasteiger partial charge in [-0.05, 0) is 66.0 Å². The number of hydrogen-bond acceptors (Lipinski definition) is 8. The average Bonchev–Trinajstić information content (AvgIpc) is 3.12. The van der Waals surface area contributed by atoms with E-state index < -0.39 is 27.6 Å². The predicted molar refractivity (Wildman–Crippen MR) is 206 cm³/mol. The van der Waals surface area contributed by atoms with Crippen molar-refractivity contribution >= 4 is 39.1 Å². The zero-order chi connectivity index (χ0) is 38.7. The number of amides is 2. The SMILES string of the molecule is CCC(C)(C)c1ccc(OCCCNC(=O)c2ccccc2S(=O)(=O)Nc2cc(Cl)c(O)c(C(=O)N(CCOC)CCOC)c2)c(C(C)(C)CC)c1. The largest absolute Gasteiger partial charge is 0.506 e. The Morgan fingerprint density at radius 3 is 2.12 bits per heavy atom. The van der Waals surface area contributed by atoms with Gasteiger partial charge in [0.05, 0.1) is 41.7 Å². The molecule has 0 aliphatic heterocycles. The molecule has 0 aliphatic rings. The zero-order valence-corrected chi connectivity index (χ0v) is 33.2. The number of phenols is 1. The summed E-state index contributed by atoms with van der Waals surface area (Å²) in [5.74, 6) is -0.860. The van der Waals surface area contributed by atoms with Gasteiger partial charge in [0, 0.05) is 39.4 Å². The first-order valence-electron chi connectivity index (χ1n) is 17.5. The Hall–Kier alpha value is -3.84. The summed E-state index contributed by atoms with van der Waals surface area (Å²) in [5.41, 5.74) is 2.00. The number of methoxy groups -OCH3 is 2. The number of sulfonamides is 1. The van der Waals surface area contributed by atoms with Crippen LogP contribution in [0.2, 0.25) is 5.02 Å². The van der Waals surface area contributed by atoms with Crippen LogP contribution in [0.5, 0.6) is 11.5 Å². The van der Waals surface area contributed by atoms with Crippen molar-refractivity contribution < 1.29 is 37.3 Å². The highest BCUT2D eigenvalue weighted by Gasteiger charge is 2.28. The van der Waals surface area contributed by atoms with Crippen LogP contribution in [0, 0.1) is 0 Å². The summed E-state index contributed by atoms with van der Waals surface area (Å²) in [4.78, 5) is 27.8. The molecule has 0 bridgehead atoms. The lowest BCUT2D eigenvalue weighted by molar-refractivity contribution is 0.0624. The maximum absolute atomic E-state index is 13.7. The molecule has 52 heavy (non-hydrogen) atoms. The lowest BCUT2D eigenvalue weighted by Gasteiger charge is -2.30. The molecule has 0 fully saturated rings. The first-order chi connectivity index (χ1) is 24.5. The van der Waals surface area contributed by atoms with Crippen LogP contribution in [-0.2, 0) is 30.3 Å². The molecule has 0 aromatic heterocycles. The van der Waals surface area contributed by atoms with Gasteiger partial charge in [-0.25, -0.2) is 8.42 Å². The molecule has 0 unspecified atom stereocenters. The summed E-state index contributed by atoms with van der Waals surface area (Å²) in [6.45, 7) is 14.7. The molecule has 11 nitrogen and oxygen atoms in total. The van der Waals surface area contributed by atoms with Crippen LogP contribution < -0.4 is 14.8 Å². The summed E-state index contributed by atoms with van der Waals surface area (Å²) in [6, 6.07) is 14.6. The van der Waals surface area contributed by atoms with Gasteiger partial charge in [-0.1, -0.05) is 77.4 Å². The first kappa shape index (κ1) is 42.6. The van der Waals surface area contributed by atoms with Crippen molar-refractivity contribution in [3.8, 4) is 11.5 Å². The molecule has 0 spiro atoms. The Labute approximate surface area is 314 Å². The number of hydrogen-bond donors (Lipinski definition) is 3. The lowest BCUT2D eigenvalue weighted by Crippen LogP contribution is -2.36. The Balaban J connectivity index is 1.74. The van der Waals surface area contributed by atoms with Gasteiger partial charge in [-0.15, -0.1) is 0 Å². The molecule has 0 heterocycles. The van der Waals surface area contributed by atoms with Gasteiger partial charge in [0.2, 0.25) is 0 Å². The van der Waals surface area contributed by atoms with Crippen LogP contribution in [0.3, 0.4) is 0 Å². The summed E-state index contributed by atoms with van der Waals surface area (Å²) in [7, 11) is -1.37. The Morgan fingerprint density at radius 1 is 0.865 bits per heavy atom. The van der Waals surface area contributed by atoms with Crippen molar-refractivity contribution in [3.05, 3.63) is 81.9 Å². The van der Waals surface area contributed by atoms with E-state index in [2.05, 4.69) is 63.7 Å². The average molecular weight is 760 g/mol. The van der Waals surface area contributed by atoms with Crippen LogP contribution in [-0.4, -0.2) is 83.9 Å². The van der Waals surface area contributed by atoms with Gasteiger partial charge in [0.25, 0.3) is 21.8 Å². The number of nitrogens with one attached hydrogen (secondary N) is 2. The molecule has 286 valence electrons. The molecular formula is C39H54ClN3O8S. The number of nitrogens with zero attached hydrogens (tertiary/aromatic N) is 1. The molecule has 13 heteroatoms. The minimum Gasteiger partial charge on any atom is -0.506 e. The summed E-state index contributed by atoms with van der Waals surface area (Å²) in [6.07, 6.45) is 2.44. The van der Waals surface area contributed by atoms with Crippen molar-refractivity contribution in [3.63, 3.8) is 0 Å². The van der Waals surface area contributed by atoms with Crippen molar-refractivity contribution in [2.45, 2.75) is 76.5 Å². The number of phenolic OH excluding ortho intramolecular Hbond substituents is 1. The molecule has 3 rings (SSSR count). The quantitative estimate of drug-likeness (QED) is 0.0814. The summed E-state index contributed by atoms with van der Waals surface area (Å²) in [5, 5.41) is 13.2. The van der Waals surface area contributed by atoms with Crippen LogP contribution in [0.1, 0.15) is 92.6 Å². The Kier molecular flexibility index (Phi) is 15.4. The smallest absolute Gasteiger partial charge is 0.262 e. The van der Waals surface area contributed by atoms with Crippen molar-refractivity contribution in [1.29, 1.82) is 0 Å². The van der Waals surface area contributed by atoms with Gasteiger partial charge in [-0.2, -0.15) is 0 Å². The van der Waals surface area contributed by atoms with Gasteiger partial charge in [0.1, 0.15) is 16.4 Å². The number of rotatable bonds is 20. The molecule has 0 saturated heterocycles. The standard InChI is InChI=1S/C39H54ClN3O8S/c1-9-38(3,4)27-16-17-33(31(24-27)39(5,6)10-2)51-21-13-18-41-36(45)29-14-11-12-15-34(29)52(47,48)42-28-25-30(35(44)32(40)26-28)37(46)43(19-22-49-7)20-23-50-8/h11-12,14-17,24-26,42,44H,9-10,13,18-23H2,1-8H3,(H,41,45). The number of ether oxygens (including phenoxy) is 3. The van der Waals surface area contributed by atoms with E-state index in [4.69, 9.17) is 25.8 Å². The van der Waals surface area contributed by atoms with Crippen LogP contribution in [0.25, 0.3) is 0 Å². The molecular weight excluding hydrogens is 706 g/mol. The fourth-order valence-electron chi connectivity index (χ4n) is 5.36. The maximum Gasteiger partial charge on any atom is 0.262 e. The number of carbonyl (C=O) groups excluding carboxylic acids is 2. The van der Waals surface area contributed by atoms with E-state index in [1.807, 2.05) is 6.07 Å². The molecule has 0 radical (unpaired) electrons. The minimum atomic E-state index is -4.36. The van der Waals surface area contributed by atoms with E-state index in [9.17, 15) is 23.1 Å². The summed E-state index contributed by atoms with van der Waals surface area (Å²) >= 11 is 6.24. The number of aromatic hydroxyl groups is 1. The highest BCUT2D eigenvalue weighted by molar-refractivity contribution is 7.92. The fourth-order valence-corrected chi connectivity index (χ4v) is 6.83. The van der Waals surface area contributed by atoms with Crippen molar-refractivity contribution in [2.24, 2.45) is 0 Å². The highest BCUT2D eigenvalue weighted by atomic mass is 35.5. The predicted octanol–water partition coefficient (Wildman–Crippen LogP) is 7.16. The number of carbonyl (C=O) groups is 2. The van der Waals surface area contributed by atoms with Gasteiger partial charge < -0.3 is 29.5 Å². The van der Waals surface area contributed by atoms with Gasteiger partial charge >= 0.3 is 0 Å². The first-order valence-corrected chi connectivity index (χ1v) is 19.4. The van der Waals surface area contributed by atoms with Crippen LogP contribution in [0.4, 0.5) is 5.69 Å². The third kappa shape index (κ3) is 10.8. The third-order valence-electron chi connectivity index (χ3n) is 9.51. The Morgan fingerprint density at radius 2 is 1.50 bits per heavy atom. The van der Waals surface area contributed by atoms with E-state index in [1.54, 1.807) is 6.07 Å². The maximum atomic E-state index is 13.7. The zero-order valence-electron chi connectivity index (χ0n) is 31.6. The van der Waals surface area contributed by atoms with Gasteiger partial charge in [-0.3, -0.25) is 14.3 Å². The topological polar surface area (TPSA) is 144 Å². The number of benzene rings is 3. The van der Waals surface area contributed by atoms with E-state index in [0.717, 1.165) is 24.2 Å². The molecule has 3 N–H and O–H groups in total. The third-order valence-corrected chi connectivity index (χ3v) is 11.2. The second-order valence-corrected chi connectivity index (χ2v) is 15.9. The Bertz CT molecular complexity index is 1790. The highest BCUT2D eigenvalue weighted by Crippen LogP contribution is 2.39. The van der Waals surface area contributed by atoms with E-state index >= 15 is 0 Å². The number of halogens is 1. The van der Waals surface area contributed by atoms with E-state index in [1.165, 1.54) is 55.0 Å². The molecule has 2 amide bonds. The molecule has 3 aromatic carbocycles. The fraction of sp³-hybridized carbons (Fsp3) is 0.487. The number of anilines is 1. The molecule has 0 aliphatic carbocycles. The summed E-state index contributed by atoms with van der Waals surface area (Å²) < 4.78 is 46.1. The monoisotopic (exact) mass is 759 g/mol. The molecule has 0 saturated carbocycles. The molecule has 0 atom stereocenters. The minimum absolute atomic E-state index is 0.0376. The van der Waals surface area contributed by atoms with Crippen molar-refractivity contribution in [2.75, 3.05) is 58.4 Å². The molecule has 3 aromatic rings. The van der Waals surface area contributed by atoms with Crippen LogP contribution >= 0.6 is 11.6 Å². The van der Waals surface area contributed by atoms with Gasteiger partial charge in [0.15, 0.2) is 0 Å². The second-order valence-electron chi connectivity index (χ2n) is 13.9. The lowest BCUT2D eigenvalue weighted by atomic mass is 9.76. The van der Waals surface area contributed by atoms with E-state index in [-0.39, 0.29) is 70.4 Å². The van der Waals surface area contributed by atoms with Crippen LogP contribution in [0.15, 0.2) is 59.5 Å². The second kappa shape index (κ2) is 18.8. The van der Waals surface area contributed by atoms with E-state index in [0.29, 0.717) is 13.0 Å². The van der Waals surface area contributed by atoms with Crippen molar-refractivity contribution in [1.82, 2.24) is 10.2 Å². The normalized spacial score (nSPS) is 12.0.